The standard InChI is InChI=1S/C17H21NO4S/c1-5-8-17(3,16(20)21)18-15(19)14-10(2)12-9-11(22-4)6-7-13(12)23-14/h6-7,9H,5,8H2,1-4H3,(H,18,19)(H,20,21). The molecule has 0 aliphatic rings. The first-order valence-corrected chi connectivity index (χ1v) is 8.27. The number of rotatable bonds is 6. The molecule has 1 amide bonds. The van der Waals surface area contributed by atoms with E-state index in [1.807, 2.05) is 32.0 Å². The summed E-state index contributed by atoms with van der Waals surface area (Å²) in [5, 5.41) is 13.0. The topological polar surface area (TPSA) is 75.6 Å². The molecule has 0 saturated heterocycles. The average molecular weight is 335 g/mol. The minimum Gasteiger partial charge on any atom is -0.497 e. The van der Waals surface area contributed by atoms with Crippen molar-refractivity contribution >= 4 is 33.3 Å². The van der Waals surface area contributed by atoms with E-state index in [0.717, 1.165) is 21.4 Å². The quantitative estimate of drug-likeness (QED) is 0.846. The fourth-order valence-corrected chi connectivity index (χ4v) is 3.66. The van der Waals surface area contributed by atoms with Crippen LogP contribution in [-0.2, 0) is 4.79 Å². The maximum absolute atomic E-state index is 12.6. The highest BCUT2D eigenvalue weighted by Crippen LogP contribution is 2.33. The maximum Gasteiger partial charge on any atom is 0.329 e. The number of aryl methyl sites for hydroxylation is 1. The maximum atomic E-state index is 12.6. The lowest BCUT2D eigenvalue weighted by molar-refractivity contribution is -0.144. The number of fused-ring (bicyclic) bond motifs is 1. The number of benzene rings is 1. The van der Waals surface area contributed by atoms with Crippen molar-refractivity contribution in [2.75, 3.05) is 7.11 Å². The average Bonchev–Trinajstić information content (AvgIpc) is 2.84. The molecule has 1 aromatic carbocycles. The summed E-state index contributed by atoms with van der Waals surface area (Å²) in [5.41, 5.74) is -0.419. The molecule has 0 saturated carbocycles. The number of carboxylic acid groups (broad SMARTS) is 1. The number of carbonyl (C=O) groups excluding carboxylic acids is 1. The van der Waals surface area contributed by atoms with Gasteiger partial charge in [0.25, 0.3) is 5.91 Å². The van der Waals surface area contributed by atoms with Crippen molar-refractivity contribution in [3.63, 3.8) is 0 Å². The Kier molecular flexibility index (Phi) is 4.94. The Bertz CT molecular complexity index is 752. The van der Waals surface area contributed by atoms with Crippen LogP contribution in [0.1, 0.15) is 41.9 Å². The second-order valence-corrected chi connectivity index (χ2v) is 6.81. The van der Waals surface area contributed by atoms with Gasteiger partial charge in [-0.05, 0) is 49.4 Å². The number of methoxy groups -OCH3 is 1. The first kappa shape index (κ1) is 17.3. The van der Waals surface area contributed by atoms with Crippen molar-refractivity contribution in [3.05, 3.63) is 28.6 Å². The molecule has 0 fully saturated rings. The summed E-state index contributed by atoms with van der Waals surface area (Å²) in [4.78, 5) is 24.6. The first-order chi connectivity index (χ1) is 10.8. The van der Waals surface area contributed by atoms with Gasteiger partial charge in [0, 0.05) is 4.70 Å². The van der Waals surface area contributed by atoms with Gasteiger partial charge in [-0.15, -0.1) is 11.3 Å². The van der Waals surface area contributed by atoms with E-state index in [1.54, 1.807) is 14.0 Å². The third kappa shape index (κ3) is 3.32. The van der Waals surface area contributed by atoms with Gasteiger partial charge < -0.3 is 15.2 Å². The predicted octanol–water partition coefficient (Wildman–Crippen LogP) is 3.59. The lowest BCUT2D eigenvalue weighted by atomic mass is 9.96. The Balaban J connectivity index is 2.37. The molecule has 0 aliphatic heterocycles. The zero-order valence-corrected chi connectivity index (χ0v) is 14.5. The van der Waals surface area contributed by atoms with E-state index in [-0.39, 0.29) is 5.91 Å². The molecule has 2 N–H and O–H groups in total. The normalized spacial score (nSPS) is 13.6. The van der Waals surface area contributed by atoms with Gasteiger partial charge in [-0.25, -0.2) is 4.79 Å². The van der Waals surface area contributed by atoms with Gasteiger partial charge in [0.2, 0.25) is 0 Å². The number of hydrogen-bond donors (Lipinski definition) is 2. The van der Waals surface area contributed by atoms with Crippen LogP contribution in [0.4, 0.5) is 0 Å². The van der Waals surface area contributed by atoms with Crippen LogP contribution in [0.5, 0.6) is 5.75 Å². The highest BCUT2D eigenvalue weighted by atomic mass is 32.1. The first-order valence-electron chi connectivity index (χ1n) is 7.45. The smallest absolute Gasteiger partial charge is 0.329 e. The molecule has 1 atom stereocenters. The van der Waals surface area contributed by atoms with Gasteiger partial charge in [-0.3, -0.25) is 4.79 Å². The van der Waals surface area contributed by atoms with E-state index in [1.165, 1.54) is 11.3 Å². The van der Waals surface area contributed by atoms with E-state index in [2.05, 4.69) is 5.32 Å². The van der Waals surface area contributed by atoms with Gasteiger partial charge in [-0.2, -0.15) is 0 Å². The molecule has 1 unspecified atom stereocenters. The predicted molar refractivity (Wildman–Crippen MR) is 91.5 cm³/mol. The number of amides is 1. The molecule has 5 nitrogen and oxygen atoms in total. The number of nitrogens with one attached hydrogen (secondary N) is 1. The van der Waals surface area contributed by atoms with Crippen LogP contribution in [0, 0.1) is 6.92 Å². The summed E-state index contributed by atoms with van der Waals surface area (Å²) in [6.45, 7) is 5.30. The SMILES string of the molecule is CCCC(C)(NC(=O)c1sc2ccc(OC)cc2c1C)C(=O)O. The summed E-state index contributed by atoms with van der Waals surface area (Å²) >= 11 is 1.36. The molecule has 124 valence electrons. The molecular formula is C17H21NO4S. The molecule has 6 heteroatoms. The third-order valence-electron chi connectivity index (χ3n) is 3.96. The van der Waals surface area contributed by atoms with Crippen molar-refractivity contribution in [1.29, 1.82) is 0 Å². The Hall–Kier alpha value is -2.08. The monoisotopic (exact) mass is 335 g/mol. The summed E-state index contributed by atoms with van der Waals surface area (Å²) < 4.78 is 6.19. The molecule has 0 bridgehead atoms. The van der Waals surface area contributed by atoms with E-state index >= 15 is 0 Å². The highest BCUT2D eigenvalue weighted by molar-refractivity contribution is 7.21. The van der Waals surface area contributed by atoms with E-state index in [9.17, 15) is 14.7 Å². The van der Waals surface area contributed by atoms with Crippen molar-refractivity contribution in [1.82, 2.24) is 5.32 Å². The number of carboxylic acids is 1. The Labute approximate surface area is 139 Å². The summed E-state index contributed by atoms with van der Waals surface area (Å²) in [6.07, 6.45) is 1.05. The Morgan fingerprint density at radius 1 is 1.39 bits per heavy atom. The van der Waals surface area contributed by atoms with Crippen molar-refractivity contribution < 1.29 is 19.4 Å². The van der Waals surface area contributed by atoms with Gasteiger partial charge in [-0.1, -0.05) is 13.3 Å². The molecular weight excluding hydrogens is 314 g/mol. The van der Waals surface area contributed by atoms with Gasteiger partial charge in [0.1, 0.15) is 11.3 Å². The van der Waals surface area contributed by atoms with E-state index in [0.29, 0.717) is 17.7 Å². The molecule has 1 aromatic heterocycles. The Morgan fingerprint density at radius 2 is 2.09 bits per heavy atom. The minimum atomic E-state index is -1.26. The number of ether oxygens (including phenoxy) is 1. The largest absolute Gasteiger partial charge is 0.497 e. The highest BCUT2D eigenvalue weighted by Gasteiger charge is 2.34. The molecule has 1 heterocycles. The number of hydrogen-bond acceptors (Lipinski definition) is 4. The minimum absolute atomic E-state index is 0.346. The fourth-order valence-electron chi connectivity index (χ4n) is 2.57. The van der Waals surface area contributed by atoms with Crippen LogP contribution < -0.4 is 10.1 Å². The van der Waals surface area contributed by atoms with Gasteiger partial charge in [0.15, 0.2) is 0 Å². The third-order valence-corrected chi connectivity index (χ3v) is 5.23. The van der Waals surface area contributed by atoms with Crippen LogP contribution in [-0.4, -0.2) is 29.6 Å². The van der Waals surface area contributed by atoms with Crippen LogP contribution >= 0.6 is 11.3 Å². The lowest BCUT2D eigenvalue weighted by Crippen LogP contribution is -2.52. The second kappa shape index (κ2) is 6.58. The molecule has 23 heavy (non-hydrogen) atoms. The molecule has 0 radical (unpaired) electrons. The van der Waals surface area contributed by atoms with Crippen molar-refractivity contribution in [3.8, 4) is 5.75 Å². The lowest BCUT2D eigenvalue weighted by Gasteiger charge is -2.25. The van der Waals surface area contributed by atoms with E-state index in [4.69, 9.17) is 4.74 Å². The number of thiophene rings is 1. The van der Waals surface area contributed by atoms with Crippen LogP contribution in [0.15, 0.2) is 18.2 Å². The summed E-state index contributed by atoms with van der Waals surface area (Å²) in [7, 11) is 1.60. The number of aliphatic carboxylic acids is 1. The molecule has 0 spiro atoms. The summed E-state index contributed by atoms with van der Waals surface area (Å²) in [5.74, 6) is -0.638. The zero-order valence-electron chi connectivity index (χ0n) is 13.7. The zero-order chi connectivity index (χ0) is 17.2. The second-order valence-electron chi connectivity index (χ2n) is 5.76. The summed E-state index contributed by atoms with van der Waals surface area (Å²) in [6, 6.07) is 5.64. The fraction of sp³-hybridized carbons (Fsp3) is 0.412. The van der Waals surface area contributed by atoms with Crippen molar-refractivity contribution in [2.24, 2.45) is 0 Å². The van der Waals surface area contributed by atoms with Gasteiger partial charge >= 0.3 is 5.97 Å². The van der Waals surface area contributed by atoms with E-state index < -0.39 is 11.5 Å². The molecule has 2 rings (SSSR count). The number of carbonyl (C=O) groups is 2. The Morgan fingerprint density at radius 3 is 2.65 bits per heavy atom. The van der Waals surface area contributed by atoms with Crippen LogP contribution in [0.2, 0.25) is 0 Å². The van der Waals surface area contributed by atoms with Crippen LogP contribution in [0.25, 0.3) is 10.1 Å². The van der Waals surface area contributed by atoms with Gasteiger partial charge in [0.05, 0.1) is 12.0 Å². The van der Waals surface area contributed by atoms with Crippen molar-refractivity contribution in [2.45, 2.75) is 39.2 Å². The molecule has 2 aromatic rings. The van der Waals surface area contributed by atoms with Crippen LogP contribution in [0.3, 0.4) is 0 Å². The molecule has 0 aliphatic carbocycles.